The quantitative estimate of drug-likeness (QED) is 0.303. The minimum atomic E-state index is 0. The van der Waals surface area contributed by atoms with Crippen molar-refractivity contribution in [2.45, 2.75) is 32.3 Å². The Morgan fingerprint density at radius 1 is 0.839 bits per heavy atom. The van der Waals surface area contributed by atoms with Gasteiger partial charge in [0.2, 0.25) is 0 Å². The molecule has 0 N–H and O–H groups in total. The van der Waals surface area contributed by atoms with Crippen molar-refractivity contribution in [2.75, 3.05) is 31.1 Å². The topological polar surface area (TPSA) is 15.7 Å². The Bertz CT molecular complexity index is 856. The molecule has 0 saturated carbocycles. The molecule has 4 rings (SSSR count). The standard InChI is InChI=1S/C27H32N2O.HI/c1-23-10-8-15-27(22-23)30-26-16-20-28(21-17-26)18-9-19-29(24-11-4-2-5-12-24)25-13-6-3-7-14-25;/h2-8,10-15,22,26H,9,16-21H2,1H3;1H. The Morgan fingerprint density at radius 2 is 1.45 bits per heavy atom. The zero-order chi connectivity index (χ0) is 20.6. The molecule has 0 atom stereocenters. The fourth-order valence-electron chi connectivity index (χ4n) is 4.21. The van der Waals surface area contributed by atoms with Crippen molar-refractivity contribution < 1.29 is 4.74 Å². The number of hydrogen-bond acceptors (Lipinski definition) is 3. The largest absolute Gasteiger partial charge is 0.490 e. The van der Waals surface area contributed by atoms with E-state index in [1.54, 1.807) is 0 Å². The van der Waals surface area contributed by atoms with E-state index in [1.165, 1.54) is 16.9 Å². The Morgan fingerprint density at radius 3 is 2.03 bits per heavy atom. The number of piperidine rings is 1. The molecule has 164 valence electrons. The van der Waals surface area contributed by atoms with Gasteiger partial charge in [0.15, 0.2) is 0 Å². The highest BCUT2D eigenvalue weighted by Gasteiger charge is 2.20. The van der Waals surface area contributed by atoms with Gasteiger partial charge in [0, 0.05) is 31.0 Å². The second-order valence-electron chi connectivity index (χ2n) is 8.15. The van der Waals surface area contributed by atoms with Crippen LogP contribution in [0, 0.1) is 6.92 Å². The average Bonchev–Trinajstić information content (AvgIpc) is 2.79. The van der Waals surface area contributed by atoms with E-state index < -0.39 is 0 Å². The monoisotopic (exact) mass is 528 g/mol. The summed E-state index contributed by atoms with van der Waals surface area (Å²) >= 11 is 0. The lowest BCUT2D eigenvalue weighted by Crippen LogP contribution is -2.39. The Hall–Kier alpha value is -2.05. The van der Waals surface area contributed by atoms with Gasteiger partial charge in [-0.25, -0.2) is 0 Å². The number of aryl methyl sites for hydroxylation is 1. The number of anilines is 2. The van der Waals surface area contributed by atoms with Crippen molar-refractivity contribution in [3.63, 3.8) is 0 Å². The van der Waals surface area contributed by atoms with E-state index in [0.29, 0.717) is 6.10 Å². The first-order chi connectivity index (χ1) is 14.8. The number of likely N-dealkylation sites (tertiary alicyclic amines) is 1. The van der Waals surface area contributed by atoms with Crippen LogP contribution in [0.4, 0.5) is 11.4 Å². The van der Waals surface area contributed by atoms with E-state index in [-0.39, 0.29) is 24.0 Å². The van der Waals surface area contributed by atoms with Crippen molar-refractivity contribution in [2.24, 2.45) is 0 Å². The first-order valence-electron chi connectivity index (χ1n) is 11.1. The molecule has 3 nitrogen and oxygen atoms in total. The molecule has 0 unspecified atom stereocenters. The van der Waals surface area contributed by atoms with Crippen molar-refractivity contribution in [3.8, 4) is 5.75 Å². The predicted octanol–water partition coefficient (Wildman–Crippen LogP) is 6.68. The van der Waals surface area contributed by atoms with Gasteiger partial charge in [-0.05, 0) is 74.7 Å². The zero-order valence-electron chi connectivity index (χ0n) is 18.3. The normalized spacial score (nSPS) is 14.6. The number of hydrogen-bond donors (Lipinski definition) is 0. The van der Waals surface area contributed by atoms with Crippen LogP contribution in [0.5, 0.6) is 5.75 Å². The summed E-state index contributed by atoms with van der Waals surface area (Å²) in [6.45, 7) is 6.50. The van der Waals surface area contributed by atoms with E-state index in [1.807, 2.05) is 0 Å². The minimum Gasteiger partial charge on any atom is -0.490 e. The summed E-state index contributed by atoms with van der Waals surface area (Å²) in [6, 6.07) is 29.8. The summed E-state index contributed by atoms with van der Waals surface area (Å²) in [5.74, 6) is 1.01. The molecule has 0 amide bonds. The Labute approximate surface area is 204 Å². The zero-order valence-corrected chi connectivity index (χ0v) is 20.7. The molecule has 4 heteroatoms. The van der Waals surface area contributed by atoms with Gasteiger partial charge in [-0.15, -0.1) is 24.0 Å². The van der Waals surface area contributed by atoms with Crippen LogP contribution >= 0.6 is 24.0 Å². The molecular formula is C27H33IN2O. The molecule has 0 spiro atoms. The van der Waals surface area contributed by atoms with Crippen molar-refractivity contribution >= 4 is 35.4 Å². The average molecular weight is 528 g/mol. The maximum Gasteiger partial charge on any atom is 0.119 e. The second-order valence-corrected chi connectivity index (χ2v) is 8.15. The third-order valence-corrected chi connectivity index (χ3v) is 5.82. The van der Waals surface area contributed by atoms with Gasteiger partial charge in [0.1, 0.15) is 11.9 Å². The first-order valence-corrected chi connectivity index (χ1v) is 11.1. The molecule has 1 aliphatic heterocycles. The fourth-order valence-corrected chi connectivity index (χ4v) is 4.21. The van der Waals surface area contributed by atoms with Gasteiger partial charge in [0.25, 0.3) is 0 Å². The summed E-state index contributed by atoms with van der Waals surface area (Å²) in [5, 5.41) is 0. The maximum atomic E-state index is 6.21. The van der Waals surface area contributed by atoms with Gasteiger partial charge >= 0.3 is 0 Å². The third-order valence-electron chi connectivity index (χ3n) is 5.82. The third kappa shape index (κ3) is 6.97. The molecule has 0 aromatic heterocycles. The van der Waals surface area contributed by atoms with Gasteiger partial charge < -0.3 is 14.5 Å². The summed E-state index contributed by atoms with van der Waals surface area (Å²) in [6.07, 6.45) is 3.70. The van der Waals surface area contributed by atoms with Gasteiger partial charge in [-0.1, -0.05) is 48.5 Å². The maximum absolute atomic E-state index is 6.21. The first kappa shape index (κ1) is 23.6. The lowest BCUT2D eigenvalue weighted by Gasteiger charge is -2.33. The van der Waals surface area contributed by atoms with Crippen molar-refractivity contribution in [3.05, 3.63) is 90.5 Å². The number of para-hydroxylation sites is 2. The summed E-state index contributed by atoms with van der Waals surface area (Å²) in [4.78, 5) is 5.01. The number of ether oxygens (including phenoxy) is 1. The van der Waals surface area contributed by atoms with Crippen LogP contribution in [0.15, 0.2) is 84.9 Å². The van der Waals surface area contributed by atoms with E-state index in [0.717, 1.165) is 51.2 Å². The smallest absolute Gasteiger partial charge is 0.119 e. The van der Waals surface area contributed by atoms with E-state index in [2.05, 4.69) is 102 Å². The SMILES string of the molecule is Cc1cccc(OC2CCN(CCCN(c3ccccc3)c3ccccc3)CC2)c1.I. The summed E-state index contributed by atoms with van der Waals surface area (Å²) in [7, 11) is 0. The molecule has 1 saturated heterocycles. The number of rotatable bonds is 8. The van der Waals surface area contributed by atoms with E-state index in [4.69, 9.17) is 4.74 Å². The van der Waals surface area contributed by atoms with Crippen molar-refractivity contribution in [1.29, 1.82) is 0 Å². The highest BCUT2D eigenvalue weighted by atomic mass is 127. The number of nitrogens with zero attached hydrogens (tertiary/aromatic N) is 2. The lowest BCUT2D eigenvalue weighted by molar-refractivity contribution is 0.100. The van der Waals surface area contributed by atoms with Crippen LogP contribution < -0.4 is 9.64 Å². The van der Waals surface area contributed by atoms with Crippen LogP contribution in [-0.4, -0.2) is 37.2 Å². The fraction of sp³-hybridized carbons (Fsp3) is 0.333. The molecule has 1 aliphatic rings. The molecule has 0 bridgehead atoms. The van der Waals surface area contributed by atoms with Gasteiger partial charge in [-0.3, -0.25) is 0 Å². The number of halogens is 1. The highest BCUT2D eigenvalue weighted by molar-refractivity contribution is 14.0. The molecular weight excluding hydrogens is 495 g/mol. The van der Waals surface area contributed by atoms with Crippen LogP contribution in [0.3, 0.4) is 0 Å². The molecule has 3 aromatic rings. The summed E-state index contributed by atoms with van der Waals surface area (Å²) < 4.78 is 6.21. The van der Waals surface area contributed by atoms with Crippen LogP contribution in [0.25, 0.3) is 0 Å². The van der Waals surface area contributed by atoms with Gasteiger partial charge in [0.05, 0.1) is 0 Å². The van der Waals surface area contributed by atoms with Crippen LogP contribution in [0.2, 0.25) is 0 Å². The van der Waals surface area contributed by atoms with E-state index >= 15 is 0 Å². The lowest BCUT2D eigenvalue weighted by atomic mass is 10.1. The molecule has 0 radical (unpaired) electrons. The van der Waals surface area contributed by atoms with Gasteiger partial charge in [-0.2, -0.15) is 0 Å². The molecule has 1 heterocycles. The highest BCUT2D eigenvalue weighted by Crippen LogP contribution is 2.25. The Balaban J connectivity index is 0.00000272. The molecule has 1 fully saturated rings. The molecule has 31 heavy (non-hydrogen) atoms. The number of benzene rings is 3. The van der Waals surface area contributed by atoms with Crippen molar-refractivity contribution in [1.82, 2.24) is 4.90 Å². The van der Waals surface area contributed by atoms with Crippen LogP contribution in [-0.2, 0) is 0 Å². The Kier molecular flexibility index (Phi) is 9.22. The van der Waals surface area contributed by atoms with E-state index in [9.17, 15) is 0 Å². The molecule has 0 aliphatic carbocycles. The molecule has 3 aromatic carbocycles. The second kappa shape index (κ2) is 12.1. The minimum absolute atomic E-state index is 0. The predicted molar refractivity (Wildman–Crippen MR) is 141 cm³/mol. The van der Waals surface area contributed by atoms with Crippen LogP contribution in [0.1, 0.15) is 24.8 Å². The summed E-state index contributed by atoms with van der Waals surface area (Å²) in [5.41, 5.74) is 3.77.